The molecule has 0 fully saturated rings. The van der Waals surface area contributed by atoms with E-state index < -0.39 is 20.2 Å². The zero-order valence-corrected chi connectivity index (χ0v) is 18.2. The predicted molar refractivity (Wildman–Crippen MR) is 100 cm³/mol. The molecule has 1 rings (SSSR count). The van der Waals surface area contributed by atoms with Crippen LogP contribution in [-0.4, -0.2) is 76.0 Å². The Morgan fingerprint density at radius 1 is 0.750 bits per heavy atom. The van der Waals surface area contributed by atoms with Crippen LogP contribution in [-0.2, 0) is 60.3 Å². The summed E-state index contributed by atoms with van der Waals surface area (Å²) in [5.41, 5.74) is 0.826. The quantitative estimate of drug-likeness (QED) is 0.263. The molecule has 28 heavy (non-hydrogen) atoms. The zero-order chi connectivity index (χ0) is 21.9. The van der Waals surface area contributed by atoms with E-state index in [4.69, 9.17) is 22.7 Å². The molecule has 13 heteroatoms. The molecule has 0 bridgehead atoms. The van der Waals surface area contributed by atoms with Gasteiger partial charge < -0.3 is 19.3 Å². The molecule has 0 aliphatic rings. The number of nitrogens with zero attached hydrogens (tertiary/aromatic N) is 1. The first-order chi connectivity index (χ1) is 12.7. The van der Waals surface area contributed by atoms with Crippen LogP contribution in [0.5, 0.6) is 0 Å². The summed E-state index contributed by atoms with van der Waals surface area (Å²) < 4.78 is 53.2. The van der Waals surface area contributed by atoms with Crippen LogP contribution in [0.25, 0.3) is 0 Å². The molecule has 0 atom stereocenters. The van der Waals surface area contributed by atoms with Gasteiger partial charge in [-0.05, 0) is 12.1 Å². The maximum atomic E-state index is 11.0. The van der Waals surface area contributed by atoms with E-state index in [-0.39, 0.29) is 30.6 Å². The van der Waals surface area contributed by atoms with Crippen LogP contribution < -0.4 is 4.90 Å². The third-order valence-corrected chi connectivity index (χ3v) is 3.63. The summed E-state index contributed by atoms with van der Waals surface area (Å²) in [5, 5.41) is 0. The van der Waals surface area contributed by atoms with Crippen molar-refractivity contribution >= 4 is 46.3 Å². The Bertz CT molecular complexity index is 642. The average molecular weight is 476 g/mol. The van der Waals surface area contributed by atoms with Crippen molar-refractivity contribution in [2.24, 2.45) is 0 Å². The van der Waals surface area contributed by atoms with Crippen LogP contribution in [0.4, 0.5) is 5.69 Å². The van der Waals surface area contributed by atoms with Crippen LogP contribution >= 0.6 is 0 Å². The summed E-state index contributed by atoms with van der Waals surface area (Å²) in [4.78, 5) is 25.0. The summed E-state index contributed by atoms with van der Waals surface area (Å²) in [7, 11) is -7.00. The van der Waals surface area contributed by atoms with Crippen molar-refractivity contribution in [3.63, 3.8) is 0 Å². The number of para-hydroxylation sites is 1. The Morgan fingerprint density at radius 3 is 1.36 bits per heavy atom. The second-order valence-corrected chi connectivity index (χ2v) is 7.66. The summed E-state index contributed by atoms with van der Waals surface area (Å²) in [6.07, 6.45) is 1.96. The first kappa shape index (κ1) is 33.9. The molecule has 10 nitrogen and oxygen atoms in total. The fourth-order valence-corrected chi connectivity index (χ4v) is 2.36. The van der Waals surface area contributed by atoms with Gasteiger partial charge in [0.05, 0.1) is 25.7 Å². The molecule has 0 unspecified atom stereocenters. The number of carbonyl (C=O) groups excluding carboxylic acids is 3. The van der Waals surface area contributed by atoms with Gasteiger partial charge >= 0.3 is 17.4 Å². The van der Waals surface area contributed by atoms with Gasteiger partial charge in [0.15, 0.2) is 0 Å². The normalized spacial score (nSPS) is 9.64. The van der Waals surface area contributed by atoms with Crippen LogP contribution in [0.1, 0.15) is 0 Å². The van der Waals surface area contributed by atoms with Crippen molar-refractivity contribution in [2.45, 2.75) is 0 Å². The molecule has 0 saturated carbocycles. The molecule has 1 aromatic rings. The Morgan fingerprint density at radius 2 is 1.07 bits per heavy atom. The van der Waals surface area contributed by atoms with E-state index in [9.17, 15) is 16.8 Å². The van der Waals surface area contributed by atoms with E-state index in [0.29, 0.717) is 13.1 Å². The maximum absolute atomic E-state index is 11.0. The van der Waals surface area contributed by atoms with Crippen LogP contribution in [0.2, 0.25) is 0 Å². The third-order valence-electron chi connectivity index (χ3n) is 2.44. The summed E-state index contributed by atoms with van der Waals surface area (Å²) in [6, 6.07) is 9.18. The van der Waals surface area contributed by atoms with Gasteiger partial charge in [-0.25, -0.2) is 0 Å². The summed E-state index contributed by atoms with van der Waals surface area (Å²) in [5.74, 6) is 0. The maximum Gasteiger partial charge on any atom is 3.00 e. The number of rotatable bonds is 9. The molecule has 0 heterocycles. The molecule has 0 aromatic heterocycles. The molecular formula is C15H22CrNO9S2. The van der Waals surface area contributed by atoms with Gasteiger partial charge in [0.2, 0.25) is 0 Å². The van der Waals surface area contributed by atoms with Crippen LogP contribution in [0.3, 0.4) is 0 Å². The SMILES string of the molecule is CS(=O)(=O)OCCN(CCOS(C)(=O)=O)c1ccccc1.[CH-]=O.[CH-]=O.[CH-]=O.[Cr+3]. The van der Waals surface area contributed by atoms with Gasteiger partial charge in [-0.15, -0.1) is 0 Å². The van der Waals surface area contributed by atoms with Crippen molar-refractivity contribution in [1.29, 1.82) is 0 Å². The molecule has 0 saturated heterocycles. The largest absolute Gasteiger partial charge is 3.00 e. The average Bonchev–Trinajstić information content (AvgIpc) is 2.64. The molecule has 1 aromatic carbocycles. The molecule has 0 N–H and O–H groups in total. The smallest absolute Gasteiger partial charge is 0.545 e. The summed E-state index contributed by atoms with van der Waals surface area (Å²) in [6.45, 7) is 10.3. The monoisotopic (exact) mass is 476 g/mol. The van der Waals surface area contributed by atoms with Gasteiger partial charge in [0, 0.05) is 18.8 Å². The van der Waals surface area contributed by atoms with Gasteiger partial charge in [-0.3, -0.25) is 28.7 Å². The molecular weight excluding hydrogens is 454 g/mol. The number of hydrogen-bond donors (Lipinski definition) is 0. The Hall–Kier alpha value is -1.62. The number of benzene rings is 1. The van der Waals surface area contributed by atoms with Gasteiger partial charge in [-0.2, -0.15) is 16.8 Å². The number of anilines is 1. The van der Waals surface area contributed by atoms with Gasteiger partial charge in [0.1, 0.15) is 0 Å². The van der Waals surface area contributed by atoms with Crippen LogP contribution in [0, 0.1) is 0 Å². The topological polar surface area (TPSA) is 141 Å². The predicted octanol–water partition coefficient (Wildman–Crippen LogP) is -0.379. The zero-order valence-electron chi connectivity index (χ0n) is 15.3. The molecule has 159 valence electrons. The minimum absolute atomic E-state index is 0. The Balaban J connectivity index is -0.000000374. The van der Waals surface area contributed by atoms with Gasteiger partial charge in [0.25, 0.3) is 20.2 Å². The molecule has 0 spiro atoms. The molecule has 0 aliphatic carbocycles. The van der Waals surface area contributed by atoms with E-state index in [1.165, 1.54) is 0 Å². The summed E-state index contributed by atoms with van der Waals surface area (Å²) >= 11 is 0. The molecule has 0 amide bonds. The van der Waals surface area contributed by atoms with Crippen LogP contribution in [0.15, 0.2) is 30.3 Å². The van der Waals surface area contributed by atoms with Crippen molar-refractivity contribution in [2.75, 3.05) is 43.7 Å². The van der Waals surface area contributed by atoms with Crippen molar-refractivity contribution in [3.05, 3.63) is 30.3 Å². The van der Waals surface area contributed by atoms with E-state index in [1.807, 2.05) is 30.3 Å². The first-order valence-electron chi connectivity index (χ1n) is 6.87. The number of hydrogen-bond acceptors (Lipinski definition) is 10. The Kier molecular flexibility index (Phi) is 24.4. The van der Waals surface area contributed by atoms with E-state index in [1.54, 1.807) is 4.90 Å². The minimum atomic E-state index is -3.50. The fourth-order valence-electron chi connectivity index (χ4n) is 1.61. The second-order valence-electron chi connectivity index (χ2n) is 4.37. The van der Waals surface area contributed by atoms with Crippen molar-refractivity contribution < 1.29 is 56.9 Å². The standard InChI is InChI=1S/C12H19NO6S2.3CHO.Cr/c1-20(14,15)18-10-8-13(9-11-19-21(2,16)17)12-6-4-3-5-7-12;3*1-2;/h3-7H,8-11H2,1-2H3;3*1H;/q;3*-1;+3. The third kappa shape index (κ3) is 22.4. The molecule has 0 aliphatic heterocycles. The molecule has 1 radical (unpaired) electrons. The minimum Gasteiger partial charge on any atom is -0.545 e. The van der Waals surface area contributed by atoms with E-state index >= 15 is 0 Å². The second kappa shape index (κ2) is 20.1. The Labute approximate surface area is 177 Å². The first-order valence-corrected chi connectivity index (χ1v) is 10.5. The van der Waals surface area contributed by atoms with Gasteiger partial charge in [-0.1, -0.05) is 18.2 Å². The van der Waals surface area contributed by atoms with E-state index in [0.717, 1.165) is 18.2 Å². The van der Waals surface area contributed by atoms with Crippen molar-refractivity contribution in [3.8, 4) is 0 Å². The fraction of sp³-hybridized carbons (Fsp3) is 0.400. The van der Waals surface area contributed by atoms with E-state index in [2.05, 4.69) is 20.4 Å². The van der Waals surface area contributed by atoms with Crippen molar-refractivity contribution in [1.82, 2.24) is 0 Å².